The van der Waals surface area contributed by atoms with Crippen LogP contribution in [0.15, 0.2) is 0 Å². The summed E-state index contributed by atoms with van der Waals surface area (Å²) < 4.78 is 25.8. The van der Waals surface area contributed by atoms with Crippen LogP contribution >= 0.6 is 0 Å². The van der Waals surface area contributed by atoms with Gasteiger partial charge in [-0.1, -0.05) is 20.8 Å². The molecule has 0 unspecified atom stereocenters. The van der Waals surface area contributed by atoms with Crippen LogP contribution in [0, 0.1) is 12.0 Å². The van der Waals surface area contributed by atoms with Crippen LogP contribution in [0.25, 0.3) is 4.95 Å². The van der Waals surface area contributed by atoms with Crippen molar-refractivity contribution in [2.75, 3.05) is 20.1 Å². The zero-order chi connectivity index (χ0) is 13.0. The summed E-state index contributed by atoms with van der Waals surface area (Å²) in [5.74, 6) is -0.706. The number of likely N-dealkylation sites (N-methyl/N-ethyl adjacent to an activating group) is 1. The topological polar surface area (TPSA) is 33.9 Å². The molecule has 0 heterocycles. The second-order valence-electron chi connectivity index (χ2n) is 3.88. The van der Waals surface area contributed by atoms with Crippen molar-refractivity contribution < 1.29 is 13.6 Å². The zero-order valence-corrected chi connectivity index (χ0v) is 8.13. The monoisotopic (exact) mass is 187 g/mol. The quantitative estimate of drug-likeness (QED) is 0.380. The highest BCUT2D eigenvalue weighted by molar-refractivity contribution is 5.71. The van der Waals surface area contributed by atoms with Gasteiger partial charge in [-0.3, -0.25) is 0 Å². The molecular weight excluding hydrogens is 168 g/mol. The van der Waals surface area contributed by atoms with E-state index >= 15 is 0 Å². The minimum atomic E-state index is -2.59. The number of rotatable bonds is 3. The van der Waals surface area contributed by atoms with Gasteiger partial charge in [-0.2, -0.15) is 11.5 Å². The molecule has 0 amide bonds. The molecule has 0 atom stereocenters. The van der Waals surface area contributed by atoms with Gasteiger partial charge in [0.2, 0.25) is 0 Å². The van der Waals surface area contributed by atoms with Crippen LogP contribution in [0.2, 0.25) is 0 Å². The van der Waals surface area contributed by atoms with Gasteiger partial charge in [-0.05, 0) is 5.41 Å². The lowest BCUT2D eigenvalue weighted by atomic mass is 9.99. The predicted octanol–water partition coefficient (Wildman–Crippen LogP) is 1.34. The summed E-state index contributed by atoms with van der Waals surface area (Å²) in [7, 11) is 0. The molecule has 0 bridgehead atoms. The third kappa shape index (κ3) is 7.13. The molecule has 0 aliphatic carbocycles. The molecule has 13 heavy (non-hydrogen) atoms. The molecule has 0 aromatic rings. The van der Waals surface area contributed by atoms with E-state index in [0.717, 1.165) is 0 Å². The second-order valence-corrected chi connectivity index (χ2v) is 3.88. The lowest BCUT2D eigenvalue weighted by Gasteiger charge is -2.17. The number of ether oxygens (including phenoxy) is 1. The number of esters is 1. The Morgan fingerprint density at radius 1 is 1.69 bits per heavy atom. The number of carbonyl (C=O) groups is 1. The van der Waals surface area contributed by atoms with Gasteiger partial charge in [0.15, 0.2) is 6.54 Å². The van der Waals surface area contributed by atoms with Crippen LogP contribution in [0.1, 0.15) is 24.9 Å². The minimum Gasteiger partial charge on any atom is -0.464 e. The van der Waals surface area contributed by atoms with Crippen molar-refractivity contribution in [3.63, 3.8) is 0 Å². The number of hydrogen-bond donors (Lipinski definition) is 0. The van der Waals surface area contributed by atoms with Crippen molar-refractivity contribution in [3.8, 4) is 0 Å². The molecular formula is C9H16N2O2. The highest BCUT2D eigenvalue weighted by Crippen LogP contribution is 2.12. The Morgan fingerprint density at radius 2 is 2.31 bits per heavy atom. The summed E-state index contributed by atoms with van der Waals surface area (Å²) in [6.45, 7) is 9.36. The summed E-state index contributed by atoms with van der Waals surface area (Å²) in [6.07, 6.45) is 0. The van der Waals surface area contributed by atoms with E-state index in [1.54, 1.807) is 0 Å². The van der Waals surface area contributed by atoms with E-state index < -0.39 is 19.5 Å². The van der Waals surface area contributed by atoms with Crippen LogP contribution < -0.4 is 0 Å². The van der Waals surface area contributed by atoms with Crippen LogP contribution in [-0.2, 0) is 9.53 Å². The molecule has 0 N–H and O–H groups in total. The Hall–Kier alpha value is -1.24. The van der Waals surface area contributed by atoms with Gasteiger partial charge in [0.05, 0.1) is 17.7 Å². The second kappa shape index (κ2) is 4.70. The zero-order valence-electron chi connectivity index (χ0n) is 11.1. The standard InChI is InChI=1S/C9H16N2O2/c1-9(2,3)7-13-8(12)6-11(5)10-4/h6-7H2,1-3,5H3/i5D3. The first-order valence-corrected chi connectivity index (χ1v) is 3.87. The van der Waals surface area contributed by atoms with E-state index in [1.807, 2.05) is 20.8 Å². The van der Waals surface area contributed by atoms with E-state index in [2.05, 4.69) is 4.95 Å². The van der Waals surface area contributed by atoms with Gasteiger partial charge in [-0.25, -0.2) is 4.79 Å². The molecule has 0 saturated heterocycles. The molecule has 0 radical (unpaired) electrons. The molecule has 0 spiro atoms. The van der Waals surface area contributed by atoms with E-state index in [0.29, 0.717) is 5.01 Å². The fourth-order valence-electron chi connectivity index (χ4n) is 0.500. The van der Waals surface area contributed by atoms with E-state index in [4.69, 9.17) is 15.4 Å². The summed E-state index contributed by atoms with van der Waals surface area (Å²) in [5, 5.41) is 0.401. The SMILES string of the molecule is [2H]C([2H])([2H])N(CC(=O)OCC(C)(C)C)[N+]#[C-]. The van der Waals surface area contributed by atoms with Gasteiger partial charge < -0.3 is 4.74 Å². The first-order chi connectivity index (χ1) is 7.06. The molecule has 74 valence electrons. The molecule has 0 saturated carbocycles. The van der Waals surface area contributed by atoms with Crippen molar-refractivity contribution in [1.29, 1.82) is 0 Å². The lowest BCUT2D eigenvalue weighted by molar-refractivity contribution is -0.146. The summed E-state index contributed by atoms with van der Waals surface area (Å²) in [6, 6.07) is 0. The first kappa shape index (κ1) is 7.19. The van der Waals surface area contributed by atoms with E-state index in [1.165, 1.54) is 0 Å². The van der Waals surface area contributed by atoms with Crippen molar-refractivity contribution in [2.24, 2.45) is 5.41 Å². The first-order valence-electron chi connectivity index (χ1n) is 5.37. The Morgan fingerprint density at radius 3 is 2.69 bits per heavy atom. The Labute approximate surface area is 83.5 Å². The summed E-state index contributed by atoms with van der Waals surface area (Å²) in [4.78, 5) is 14.0. The van der Waals surface area contributed by atoms with Gasteiger partial charge in [0.1, 0.15) is 0 Å². The van der Waals surface area contributed by atoms with E-state index in [9.17, 15) is 4.79 Å². The van der Waals surface area contributed by atoms with Crippen LogP contribution in [0.3, 0.4) is 0 Å². The Kier molecular flexibility index (Phi) is 2.60. The third-order valence-corrected chi connectivity index (χ3v) is 1.07. The molecule has 0 aliphatic rings. The van der Waals surface area contributed by atoms with Gasteiger partial charge in [0, 0.05) is 0 Å². The van der Waals surface area contributed by atoms with Gasteiger partial charge in [-0.15, -0.1) is 5.01 Å². The highest BCUT2D eigenvalue weighted by atomic mass is 16.5. The van der Waals surface area contributed by atoms with Gasteiger partial charge >= 0.3 is 5.97 Å². The van der Waals surface area contributed by atoms with Gasteiger partial charge in [0.25, 0.3) is 0 Å². The molecule has 0 fully saturated rings. The lowest BCUT2D eigenvalue weighted by Crippen LogP contribution is -2.25. The van der Waals surface area contributed by atoms with Crippen molar-refractivity contribution in [3.05, 3.63) is 11.5 Å². The smallest absolute Gasteiger partial charge is 0.332 e. The summed E-state index contributed by atoms with van der Waals surface area (Å²) >= 11 is 0. The average molecular weight is 187 g/mol. The highest BCUT2D eigenvalue weighted by Gasteiger charge is 2.15. The number of hydrogen-bond acceptors (Lipinski definition) is 3. The predicted molar refractivity (Wildman–Crippen MR) is 49.6 cm³/mol. The van der Waals surface area contributed by atoms with Crippen molar-refractivity contribution in [2.45, 2.75) is 20.8 Å². The minimum absolute atomic E-state index is 0.182. The van der Waals surface area contributed by atoms with Crippen LogP contribution in [-0.4, -0.2) is 31.1 Å². The maximum Gasteiger partial charge on any atom is 0.332 e. The fourth-order valence-corrected chi connectivity index (χ4v) is 0.500. The molecule has 0 aliphatic heterocycles. The van der Waals surface area contributed by atoms with E-state index in [-0.39, 0.29) is 12.0 Å². The largest absolute Gasteiger partial charge is 0.464 e. The normalized spacial score (nSPS) is 14.8. The Balaban J connectivity index is 4.20. The molecule has 0 rings (SSSR count). The average Bonchev–Trinajstić information content (AvgIpc) is 2.07. The summed E-state index contributed by atoms with van der Waals surface area (Å²) in [5.41, 5.74) is -0.182. The van der Waals surface area contributed by atoms with Crippen LogP contribution in [0.4, 0.5) is 0 Å². The number of nitrogens with zero attached hydrogens (tertiary/aromatic N) is 2. The fraction of sp³-hybridized carbons (Fsp3) is 0.778. The van der Waals surface area contributed by atoms with Crippen molar-refractivity contribution in [1.82, 2.24) is 5.01 Å². The van der Waals surface area contributed by atoms with Crippen molar-refractivity contribution >= 4 is 5.97 Å². The maximum absolute atomic E-state index is 11.2. The molecule has 0 aromatic heterocycles. The maximum atomic E-state index is 11.2. The Bertz CT molecular complexity index is 289. The number of carbonyl (C=O) groups excluding carboxylic acids is 1. The molecule has 0 aromatic carbocycles. The molecule has 4 heteroatoms. The third-order valence-electron chi connectivity index (χ3n) is 1.07. The van der Waals surface area contributed by atoms with Crippen LogP contribution in [0.5, 0.6) is 0 Å². The molecule has 4 nitrogen and oxygen atoms in total.